The van der Waals surface area contributed by atoms with E-state index in [0.29, 0.717) is 22.9 Å². The van der Waals surface area contributed by atoms with Crippen LogP contribution in [0.15, 0.2) is 59.0 Å². The average Bonchev–Trinajstić information content (AvgIpc) is 3.15. The van der Waals surface area contributed by atoms with Gasteiger partial charge >= 0.3 is 5.97 Å². The van der Waals surface area contributed by atoms with E-state index >= 15 is 0 Å². The van der Waals surface area contributed by atoms with Crippen molar-refractivity contribution in [3.63, 3.8) is 0 Å². The number of fused-ring (bicyclic) bond motifs is 1. The standard InChI is InChI=1S/C23H24N2O4/c1-4-15(2)17-9-5-6-10-18(17)25-23(27)16(3)28-22(26)14-13-21-24-19-11-7-8-12-20(19)29-21/h5-16H,4H2,1-3H3,(H,25,27)/b14-13+/t15-,16-/m0/s1. The van der Waals surface area contributed by atoms with Gasteiger partial charge in [0.2, 0.25) is 5.89 Å². The van der Waals surface area contributed by atoms with Gasteiger partial charge in [-0.1, -0.05) is 44.2 Å². The number of nitrogens with zero attached hydrogens (tertiary/aromatic N) is 1. The van der Waals surface area contributed by atoms with Gasteiger partial charge in [0.15, 0.2) is 11.7 Å². The Morgan fingerprint density at radius 3 is 2.62 bits per heavy atom. The molecule has 29 heavy (non-hydrogen) atoms. The summed E-state index contributed by atoms with van der Waals surface area (Å²) in [4.78, 5) is 28.8. The van der Waals surface area contributed by atoms with Crippen LogP contribution >= 0.6 is 0 Å². The Labute approximate surface area is 169 Å². The maximum atomic E-state index is 12.5. The highest BCUT2D eigenvalue weighted by molar-refractivity contribution is 5.97. The van der Waals surface area contributed by atoms with E-state index in [1.54, 1.807) is 6.07 Å². The number of hydrogen-bond donors (Lipinski definition) is 1. The van der Waals surface area contributed by atoms with Crippen LogP contribution in [0, 0.1) is 0 Å². The fourth-order valence-corrected chi connectivity index (χ4v) is 2.86. The largest absolute Gasteiger partial charge is 0.449 e. The first-order valence-electron chi connectivity index (χ1n) is 9.62. The zero-order valence-electron chi connectivity index (χ0n) is 16.7. The van der Waals surface area contributed by atoms with Crippen LogP contribution in [0.4, 0.5) is 5.69 Å². The number of esters is 1. The summed E-state index contributed by atoms with van der Waals surface area (Å²) in [6.07, 6.45) is 2.63. The summed E-state index contributed by atoms with van der Waals surface area (Å²) in [5.41, 5.74) is 3.12. The Balaban J connectivity index is 1.60. The van der Waals surface area contributed by atoms with Crippen LogP contribution < -0.4 is 5.32 Å². The number of oxazole rings is 1. The van der Waals surface area contributed by atoms with Gasteiger partial charge in [0, 0.05) is 17.8 Å². The Morgan fingerprint density at radius 2 is 1.86 bits per heavy atom. The molecule has 2 aromatic carbocycles. The van der Waals surface area contributed by atoms with Crippen molar-refractivity contribution in [3.05, 3.63) is 66.1 Å². The van der Waals surface area contributed by atoms with Crippen molar-refractivity contribution in [3.8, 4) is 0 Å². The molecule has 6 nitrogen and oxygen atoms in total. The summed E-state index contributed by atoms with van der Waals surface area (Å²) < 4.78 is 10.7. The van der Waals surface area contributed by atoms with Gasteiger partial charge in [0.25, 0.3) is 5.91 Å². The molecule has 0 saturated heterocycles. The Kier molecular flexibility index (Phi) is 6.44. The Bertz CT molecular complexity index is 1010. The van der Waals surface area contributed by atoms with E-state index in [0.717, 1.165) is 17.7 Å². The van der Waals surface area contributed by atoms with Crippen molar-refractivity contribution in [1.82, 2.24) is 4.98 Å². The maximum absolute atomic E-state index is 12.5. The molecule has 150 valence electrons. The molecule has 0 unspecified atom stereocenters. The number of rotatable bonds is 7. The number of hydrogen-bond acceptors (Lipinski definition) is 5. The van der Waals surface area contributed by atoms with Crippen LogP contribution in [-0.2, 0) is 14.3 Å². The SMILES string of the molecule is CC[C@H](C)c1ccccc1NC(=O)[C@H](C)OC(=O)/C=C/c1nc2ccccc2o1. The lowest BCUT2D eigenvalue weighted by molar-refractivity contribution is -0.148. The van der Waals surface area contributed by atoms with Crippen LogP contribution in [0.5, 0.6) is 0 Å². The quantitative estimate of drug-likeness (QED) is 0.456. The number of carbonyl (C=O) groups excluding carboxylic acids is 2. The molecule has 1 N–H and O–H groups in total. The molecule has 0 saturated carbocycles. The van der Waals surface area contributed by atoms with Gasteiger partial charge in [-0.3, -0.25) is 4.79 Å². The lowest BCUT2D eigenvalue weighted by Gasteiger charge is -2.17. The summed E-state index contributed by atoms with van der Waals surface area (Å²) >= 11 is 0. The first kappa shape index (κ1) is 20.3. The van der Waals surface area contributed by atoms with Gasteiger partial charge in [0.05, 0.1) is 0 Å². The summed E-state index contributed by atoms with van der Waals surface area (Å²) in [5.74, 6) is -0.430. The zero-order valence-corrected chi connectivity index (χ0v) is 16.7. The van der Waals surface area contributed by atoms with E-state index in [9.17, 15) is 9.59 Å². The van der Waals surface area contributed by atoms with Crippen LogP contribution in [0.3, 0.4) is 0 Å². The van der Waals surface area contributed by atoms with Crippen molar-refractivity contribution in [2.24, 2.45) is 0 Å². The van der Waals surface area contributed by atoms with Crippen LogP contribution in [0.1, 0.15) is 44.6 Å². The minimum Gasteiger partial charge on any atom is -0.449 e. The number of nitrogens with one attached hydrogen (secondary N) is 1. The van der Waals surface area contributed by atoms with Gasteiger partial charge in [-0.25, -0.2) is 9.78 Å². The summed E-state index contributed by atoms with van der Waals surface area (Å²) in [7, 11) is 0. The second-order valence-corrected chi connectivity index (χ2v) is 6.82. The third kappa shape index (κ3) is 5.10. The van der Waals surface area contributed by atoms with E-state index in [1.165, 1.54) is 19.1 Å². The predicted molar refractivity (Wildman–Crippen MR) is 112 cm³/mol. The molecule has 2 atom stereocenters. The van der Waals surface area contributed by atoms with Crippen molar-refractivity contribution >= 4 is 34.7 Å². The van der Waals surface area contributed by atoms with E-state index in [-0.39, 0.29) is 5.91 Å². The Morgan fingerprint density at radius 1 is 1.14 bits per heavy atom. The number of ether oxygens (including phenoxy) is 1. The molecule has 6 heteroatoms. The normalized spacial score (nSPS) is 13.3. The number of carbonyl (C=O) groups is 2. The molecule has 3 aromatic rings. The first-order chi connectivity index (χ1) is 14.0. The monoisotopic (exact) mass is 392 g/mol. The van der Waals surface area contributed by atoms with E-state index in [2.05, 4.69) is 24.1 Å². The molecule has 0 spiro atoms. The molecular weight excluding hydrogens is 368 g/mol. The number of benzene rings is 2. The lowest BCUT2D eigenvalue weighted by Crippen LogP contribution is -2.29. The molecule has 0 aliphatic rings. The maximum Gasteiger partial charge on any atom is 0.331 e. The van der Waals surface area contributed by atoms with Crippen molar-refractivity contribution < 1.29 is 18.7 Å². The molecule has 1 amide bonds. The van der Waals surface area contributed by atoms with Gasteiger partial charge in [0.1, 0.15) is 5.52 Å². The van der Waals surface area contributed by atoms with Crippen LogP contribution in [0.2, 0.25) is 0 Å². The third-order valence-corrected chi connectivity index (χ3v) is 4.70. The topological polar surface area (TPSA) is 81.4 Å². The fraction of sp³-hybridized carbons (Fsp3) is 0.261. The minimum absolute atomic E-state index is 0.294. The van der Waals surface area contributed by atoms with Crippen molar-refractivity contribution in [2.75, 3.05) is 5.32 Å². The molecule has 0 aliphatic heterocycles. The second-order valence-electron chi connectivity index (χ2n) is 6.82. The smallest absolute Gasteiger partial charge is 0.331 e. The number of anilines is 1. The highest BCUT2D eigenvalue weighted by atomic mass is 16.5. The third-order valence-electron chi connectivity index (χ3n) is 4.70. The molecule has 1 heterocycles. The van der Waals surface area contributed by atoms with Crippen LogP contribution in [-0.4, -0.2) is 23.0 Å². The predicted octanol–water partition coefficient (Wildman–Crippen LogP) is 4.92. The molecule has 0 aliphatic carbocycles. The average molecular weight is 392 g/mol. The molecule has 1 aromatic heterocycles. The minimum atomic E-state index is -0.944. The molecule has 0 fully saturated rings. The van der Waals surface area contributed by atoms with E-state index < -0.39 is 12.1 Å². The number of amides is 1. The first-order valence-corrected chi connectivity index (χ1v) is 9.62. The lowest BCUT2D eigenvalue weighted by atomic mass is 9.97. The van der Waals surface area contributed by atoms with E-state index in [1.807, 2.05) is 42.5 Å². The highest BCUT2D eigenvalue weighted by Gasteiger charge is 2.19. The summed E-state index contributed by atoms with van der Waals surface area (Å²) in [6.45, 7) is 5.73. The van der Waals surface area contributed by atoms with Crippen molar-refractivity contribution in [1.29, 1.82) is 0 Å². The number of para-hydroxylation sites is 3. The zero-order chi connectivity index (χ0) is 20.8. The molecule has 0 radical (unpaired) electrons. The fourth-order valence-electron chi connectivity index (χ4n) is 2.86. The number of aromatic nitrogens is 1. The second kappa shape index (κ2) is 9.19. The Hall–Kier alpha value is -3.41. The summed E-state index contributed by atoms with van der Waals surface area (Å²) in [6, 6.07) is 14.9. The van der Waals surface area contributed by atoms with Gasteiger partial charge < -0.3 is 14.5 Å². The van der Waals surface area contributed by atoms with Gasteiger partial charge in [-0.15, -0.1) is 0 Å². The molecule has 3 rings (SSSR count). The molecule has 0 bridgehead atoms. The van der Waals surface area contributed by atoms with Gasteiger partial charge in [-0.2, -0.15) is 0 Å². The highest BCUT2D eigenvalue weighted by Crippen LogP contribution is 2.26. The molecular formula is C23H24N2O4. The summed E-state index contributed by atoms with van der Waals surface area (Å²) in [5, 5.41) is 2.85. The van der Waals surface area contributed by atoms with Gasteiger partial charge in [-0.05, 0) is 43.0 Å². The van der Waals surface area contributed by atoms with Crippen LogP contribution in [0.25, 0.3) is 17.2 Å². The van der Waals surface area contributed by atoms with Crippen molar-refractivity contribution in [2.45, 2.75) is 39.2 Å². The van der Waals surface area contributed by atoms with E-state index in [4.69, 9.17) is 9.15 Å².